The van der Waals surface area contributed by atoms with Gasteiger partial charge in [0.05, 0.1) is 0 Å². The lowest BCUT2D eigenvalue weighted by atomic mass is 9.73. The van der Waals surface area contributed by atoms with Crippen LogP contribution >= 0.6 is 0 Å². The van der Waals surface area contributed by atoms with Crippen molar-refractivity contribution < 1.29 is 18.3 Å². The predicted molar refractivity (Wildman–Crippen MR) is 66.3 cm³/mol. The second-order valence-electron chi connectivity index (χ2n) is 6.18. The Kier molecular flexibility index (Phi) is 3.22. The number of hydrogen-bond donors (Lipinski definition) is 2. The van der Waals surface area contributed by atoms with E-state index in [1.165, 1.54) is 0 Å². The van der Waals surface area contributed by atoms with Crippen LogP contribution in [-0.2, 0) is 10.3 Å². The Labute approximate surface area is 115 Å². The normalized spacial score (nSPS) is 20.1. The number of carbonyl (C=O) groups is 1. The highest BCUT2D eigenvalue weighted by atomic mass is 19.3. The molecule has 0 radical (unpaired) electrons. The van der Waals surface area contributed by atoms with Gasteiger partial charge in [-0.05, 0) is 27.7 Å². The Bertz CT molecular complexity index is 514. The van der Waals surface area contributed by atoms with Crippen LogP contribution in [0.3, 0.4) is 0 Å². The molecule has 0 aliphatic heterocycles. The summed E-state index contributed by atoms with van der Waals surface area (Å²) in [5.41, 5.74) is -1.94. The van der Waals surface area contributed by atoms with E-state index in [0.29, 0.717) is 5.82 Å². The number of rotatable bonds is 2. The highest BCUT2D eigenvalue weighted by Gasteiger charge is 2.60. The summed E-state index contributed by atoms with van der Waals surface area (Å²) in [7, 11) is 0. The number of hydrogen-bond acceptors (Lipinski definition) is 4. The molecule has 1 aromatic rings. The van der Waals surface area contributed by atoms with Crippen LogP contribution in [-0.4, -0.2) is 32.8 Å². The van der Waals surface area contributed by atoms with E-state index >= 15 is 0 Å². The fourth-order valence-corrected chi connectivity index (χ4v) is 2.21. The van der Waals surface area contributed by atoms with Gasteiger partial charge in [-0.1, -0.05) is 0 Å². The molecule has 1 aliphatic rings. The zero-order chi connectivity index (χ0) is 15.2. The molecule has 1 aliphatic carbocycles. The van der Waals surface area contributed by atoms with Gasteiger partial charge in [-0.2, -0.15) is 0 Å². The van der Waals surface area contributed by atoms with Crippen molar-refractivity contribution >= 4 is 6.09 Å². The van der Waals surface area contributed by atoms with E-state index in [4.69, 9.17) is 4.74 Å². The molecule has 0 atom stereocenters. The second-order valence-corrected chi connectivity index (χ2v) is 6.18. The van der Waals surface area contributed by atoms with Crippen LogP contribution < -0.4 is 5.32 Å². The molecule has 1 aromatic heterocycles. The molecule has 1 fully saturated rings. The van der Waals surface area contributed by atoms with Crippen molar-refractivity contribution in [3.05, 3.63) is 11.6 Å². The first-order valence-electron chi connectivity index (χ1n) is 6.30. The van der Waals surface area contributed by atoms with Crippen molar-refractivity contribution in [1.82, 2.24) is 20.5 Å². The number of aromatic nitrogens is 3. The monoisotopic (exact) mass is 288 g/mol. The third-order valence-electron chi connectivity index (χ3n) is 2.91. The third-order valence-corrected chi connectivity index (χ3v) is 2.91. The molecule has 0 unspecified atom stereocenters. The fourth-order valence-electron chi connectivity index (χ4n) is 2.21. The summed E-state index contributed by atoms with van der Waals surface area (Å²) in [4.78, 5) is 14.6. The zero-order valence-corrected chi connectivity index (χ0v) is 11.9. The van der Waals surface area contributed by atoms with Gasteiger partial charge in [-0.25, -0.2) is 13.6 Å². The highest BCUT2D eigenvalue weighted by molar-refractivity contribution is 5.69. The summed E-state index contributed by atoms with van der Waals surface area (Å²) < 4.78 is 31.6. The predicted octanol–water partition coefficient (Wildman–Crippen LogP) is 2.26. The topological polar surface area (TPSA) is 79.9 Å². The Morgan fingerprint density at radius 1 is 1.35 bits per heavy atom. The molecule has 0 spiro atoms. The molecule has 8 heteroatoms. The van der Waals surface area contributed by atoms with Crippen molar-refractivity contribution in [3.63, 3.8) is 0 Å². The van der Waals surface area contributed by atoms with Gasteiger partial charge in [-0.15, -0.1) is 10.2 Å². The minimum Gasteiger partial charge on any atom is -0.444 e. The summed E-state index contributed by atoms with van der Waals surface area (Å²) in [6.45, 7) is 6.77. The third kappa shape index (κ3) is 3.05. The van der Waals surface area contributed by atoms with Crippen LogP contribution in [0.2, 0.25) is 0 Å². The van der Waals surface area contributed by atoms with Crippen molar-refractivity contribution in [2.45, 2.75) is 57.6 Å². The largest absolute Gasteiger partial charge is 0.444 e. The number of amides is 1. The molecule has 2 rings (SSSR count). The van der Waals surface area contributed by atoms with Gasteiger partial charge in [0.1, 0.15) is 17.0 Å². The average molecular weight is 288 g/mol. The van der Waals surface area contributed by atoms with Crippen LogP contribution in [0.15, 0.2) is 0 Å². The quantitative estimate of drug-likeness (QED) is 0.874. The molecular formula is C12H18F2N4O2. The molecule has 0 saturated heterocycles. The highest BCUT2D eigenvalue weighted by Crippen LogP contribution is 2.50. The van der Waals surface area contributed by atoms with Gasteiger partial charge in [0.15, 0.2) is 5.82 Å². The number of ether oxygens (including phenoxy) is 1. The molecule has 0 bridgehead atoms. The van der Waals surface area contributed by atoms with Crippen LogP contribution in [0, 0.1) is 6.92 Å². The van der Waals surface area contributed by atoms with Crippen LogP contribution in [0.25, 0.3) is 0 Å². The molecule has 20 heavy (non-hydrogen) atoms. The van der Waals surface area contributed by atoms with Crippen molar-refractivity contribution in [2.24, 2.45) is 0 Å². The Balaban J connectivity index is 2.16. The molecule has 1 heterocycles. The van der Waals surface area contributed by atoms with Crippen LogP contribution in [0.1, 0.15) is 45.3 Å². The summed E-state index contributed by atoms with van der Waals surface area (Å²) in [6, 6.07) is 0. The molecule has 1 amide bonds. The number of carbonyl (C=O) groups excluding carboxylic acids is 1. The van der Waals surface area contributed by atoms with Gasteiger partial charge in [0, 0.05) is 12.8 Å². The summed E-state index contributed by atoms with van der Waals surface area (Å²) >= 11 is 0. The minimum absolute atomic E-state index is 0.229. The van der Waals surface area contributed by atoms with Crippen molar-refractivity contribution in [2.75, 3.05) is 0 Å². The van der Waals surface area contributed by atoms with Crippen LogP contribution in [0.5, 0.6) is 0 Å². The lowest BCUT2D eigenvalue weighted by Gasteiger charge is -2.45. The Morgan fingerprint density at radius 2 is 1.95 bits per heavy atom. The van der Waals surface area contributed by atoms with Crippen molar-refractivity contribution in [3.8, 4) is 0 Å². The fraction of sp³-hybridized carbons (Fsp3) is 0.750. The summed E-state index contributed by atoms with van der Waals surface area (Å²) in [5.74, 6) is -2.09. The standard InChI is InChI=1S/C12H18F2N4O2/c1-7-15-8(18-17-7)11(5-12(13,14)6-11)16-9(19)20-10(2,3)4/h5-6H2,1-4H3,(H,16,19)(H,15,17,18). The van der Waals surface area contributed by atoms with E-state index in [-0.39, 0.29) is 5.82 Å². The van der Waals surface area contributed by atoms with Gasteiger partial charge in [0.25, 0.3) is 5.92 Å². The minimum atomic E-state index is -2.82. The van der Waals surface area contributed by atoms with E-state index in [0.717, 1.165) is 0 Å². The molecule has 2 N–H and O–H groups in total. The maximum absolute atomic E-state index is 13.3. The zero-order valence-electron chi connectivity index (χ0n) is 11.9. The average Bonchev–Trinajstić information content (AvgIpc) is 2.58. The van der Waals surface area contributed by atoms with Gasteiger partial charge >= 0.3 is 6.09 Å². The lowest BCUT2D eigenvalue weighted by molar-refractivity contribution is -0.139. The number of H-pyrrole nitrogens is 1. The molecule has 0 aromatic carbocycles. The van der Waals surface area contributed by atoms with E-state index in [2.05, 4.69) is 20.5 Å². The van der Waals surface area contributed by atoms with E-state index in [1.807, 2.05) is 0 Å². The number of aromatic amines is 1. The van der Waals surface area contributed by atoms with E-state index < -0.39 is 36.0 Å². The van der Waals surface area contributed by atoms with E-state index in [1.54, 1.807) is 27.7 Å². The van der Waals surface area contributed by atoms with Gasteiger partial charge in [-0.3, -0.25) is 0 Å². The second kappa shape index (κ2) is 4.39. The summed E-state index contributed by atoms with van der Waals surface area (Å²) in [6.07, 6.45) is -1.79. The smallest absolute Gasteiger partial charge is 0.408 e. The first kappa shape index (κ1) is 14.7. The Morgan fingerprint density at radius 3 is 2.35 bits per heavy atom. The molecule has 112 valence electrons. The Hall–Kier alpha value is -1.73. The lowest BCUT2D eigenvalue weighted by Crippen LogP contribution is -2.61. The van der Waals surface area contributed by atoms with Gasteiger partial charge in [0.2, 0.25) is 0 Å². The summed E-state index contributed by atoms with van der Waals surface area (Å²) in [5, 5.41) is 10.1. The first-order valence-corrected chi connectivity index (χ1v) is 6.30. The molecular weight excluding hydrogens is 270 g/mol. The number of alkyl carbamates (subject to hydrolysis) is 1. The number of alkyl halides is 2. The SMILES string of the molecule is Cc1nnc(C2(NC(=O)OC(C)(C)C)CC(F)(F)C2)[nH]1. The molecule has 6 nitrogen and oxygen atoms in total. The maximum atomic E-state index is 13.3. The van der Waals surface area contributed by atoms with Gasteiger partial charge < -0.3 is 15.0 Å². The van der Waals surface area contributed by atoms with E-state index in [9.17, 15) is 13.6 Å². The number of nitrogens with one attached hydrogen (secondary N) is 2. The molecule has 1 saturated carbocycles. The number of aryl methyl sites for hydroxylation is 1. The van der Waals surface area contributed by atoms with Crippen molar-refractivity contribution in [1.29, 1.82) is 0 Å². The first-order chi connectivity index (χ1) is 9.01. The van der Waals surface area contributed by atoms with Crippen LogP contribution in [0.4, 0.5) is 13.6 Å². The number of nitrogens with zero attached hydrogens (tertiary/aromatic N) is 2. The number of halogens is 2. The maximum Gasteiger partial charge on any atom is 0.408 e.